The Kier molecular flexibility index (Phi) is 3.97. The number of nitrogens with one attached hydrogen (secondary N) is 1. The summed E-state index contributed by atoms with van der Waals surface area (Å²) in [5.41, 5.74) is 1.08. The Bertz CT molecular complexity index is 902. The first-order valence-electron chi connectivity index (χ1n) is 7.19. The number of amides is 1. The molecule has 0 radical (unpaired) electrons. The zero-order chi connectivity index (χ0) is 17.3. The number of para-hydroxylation sites is 1. The molecule has 0 atom stereocenters. The highest BCUT2D eigenvalue weighted by Gasteiger charge is 2.30. The van der Waals surface area contributed by atoms with Gasteiger partial charge in [-0.2, -0.15) is 13.2 Å². The highest BCUT2D eigenvalue weighted by atomic mass is 19.4. The van der Waals surface area contributed by atoms with Crippen LogP contribution in [0.5, 0.6) is 0 Å². The summed E-state index contributed by atoms with van der Waals surface area (Å²) in [6, 6.07) is 13.9. The number of fused-ring (bicyclic) bond motifs is 1. The second-order valence-electron chi connectivity index (χ2n) is 5.33. The number of hydrogen-bond acceptors (Lipinski definition) is 2. The van der Waals surface area contributed by atoms with E-state index in [9.17, 15) is 18.0 Å². The lowest BCUT2D eigenvalue weighted by Gasteiger charge is -2.12. The predicted octanol–water partition coefficient (Wildman–Crippen LogP) is 4.88. The molecule has 1 N–H and O–H groups in total. The van der Waals surface area contributed by atoms with Crippen LogP contribution in [0.25, 0.3) is 22.0 Å². The molecule has 3 nitrogen and oxygen atoms in total. The molecular formula is C18H13F3N2O. The normalized spacial score (nSPS) is 11.5. The molecule has 122 valence electrons. The molecule has 0 aliphatic heterocycles. The summed E-state index contributed by atoms with van der Waals surface area (Å²) in [6.07, 6.45) is -4.39. The molecule has 3 rings (SSSR count). The minimum atomic E-state index is -4.39. The van der Waals surface area contributed by atoms with Crippen molar-refractivity contribution in [3.8, 4) is 11.1 Å². The van der Waals surface area contributed by atoms with Crippen molar-refractivity contribution < 1.29 is 18.0 Å². The molecule has 0 bridgehead atoms. The van der Waals surface area contributed by atoms with E-state index in [0.29, 0.717) is 22.5 Å². The van der Waals surface area contributed by atoms with Gasteiger partial charge in [0.2, 0.25) is 5.91 Å². The first kappa shape index (κ1) is 16.0. The van der Waals surface area contributed by atoms with Crippen LogP contribution in [0.1, 0.15) is 12.5 Å². The van der Waals surface area contributed by atoms with Crippen LogP contribution < -0.4 is 5.32 Å². The van der Waals surface area contributed by atoms with Crippen molar-refractivity contribution in [3.05, 3.63) is 60.2 Å². The van der Waals surface area contributed by atoms with E-state index in [2.05, 4.69) is 10.3 Å². The zero-order valence-electron chi connectivity index (χ0n) is 12.7. The molecule has 0 spiro atoms. The Hall–Kier alpha value is -2.89. The smallest absolute Gasteiger partial charge is 0.310 e. The van der Waals surface area contributed by atoms with Gasteiger partial charge in [-0.25, -0.2) is 4.98 Å². The van der Waals surface area contributed by atoms with E-state index >= 15 is 0 Å². The Morgan fingerprint density at radius 2 is 1.71 bits per heavy atom. The molecule has 3 aromatic rings. The highest BCUT2D eigenvalue weighted by molar-refractivity contribution is 5.96. The van der Waals surface area contributed by atoms with Gasteiger partial charge in [-0.3, -0.25) is 4.79 Å². The summed E-state index contributed by atoms with van der Waals surface area (Å²) in [5, 5.41) is 3.47. The Morgan fingerprint density at radius 1 is 1.04 bits per heavy atom. The fourth-order valence-corrected chi connectivity index (χ4v) is 2.44. The maximum absolute atomic E-state index is 12.7. The molecule has 0 aliphatic rings. The van der Waals surface area contributed by atoms with Crippen molar-refractivity contribution >= 4 is 22.6 Å². The molecule has 2 aromatic carbocycles. The van der Waals surface area contributed by atoms with Crippen LogP contribution in [-0.2, 0) is 11.0 Å². The molecule has 1 aromatic heterocycles. The van der Waals surface area contributed by atoms with Crippen LogP contribution in [0.4, 0.5) is 19.0 Å². The number of aromatic nitrogens is 1. The van der Waals surface area contributed by atoms with Gasteiger partial charge >= 0.3 is 6.18 Å². The van der Waals surface area contributed by atoms with E-state index in [1.165, 1.54) is 19.1 Å². The Labute approximate surface area is 136 Å². The number of hydrogen-bond donors (Lipinski definition) is 1. The Balaban J connectivity index is 2.14. The maximum Gasteiger partial charge on any atom is 0.416 e. The Morgan fingerprint density at radius 3 is 2.33 bits per heavy atom. The van der Waals surface area contributed by atoms with E-state index in [1.807, 2.05) is 18.2 Å². The van der Waals surface area contributed by atoms with Crippen LogP contribution in [-0.4, -0.2) is 10.9 Å². The van der Waals surface area contributed by atoms with Crippen LogP contribution in [0.15, 0.2) is 54.6 Å². The van der Waals surface area contributed by atoms with E-state index < -0.39 is 11.7 Å². The first-order chi connectivity index (χ1) is 11.3. The third-order valence-corrected chi connectivity index (χ3v) is 3.54. The van der Waals surface area contributed by atoms with Crippen LogP contribution >= 0.6 is 0 Å². The summed E-state index contributed by atoms with van der Waals surface area (Å²) in [6.45, 7) is 1.35. The third-order valence-electron chi connectivity index (χ3n) is 3.54. The molecule has 24 heavy (non-hydrogen) atoms. The second-order valence-corrected chi connectivity index (χ2v) is 5.33. The number of pyridine rings is 1. The van der Waals surface area contributed by atoms with Crippen LogP contribution in [0, 0.1) is 0 Å². The van der Waals surface area contributed by atoms with E-state index in [1.54, 1.807) is 12.1 Å². The molecule has 0 saturated carbocycles. The summed E-state index contributed by atoms with van der Waals surface area (Å²) in [4.78, 5) is 15.8. The number of rotatable bonds is 2. The lowest BCUT2D eigenvalue weighted by Crippen LogP contribution is -2.09. The fraction of sp³-hybridized carbons (Fsp3) is 0.111. The van der Waals surface area contributed by atoms with Gasteiger partial charge in [0.05, 0.1) is 11.1 Å². The van der Waals surface area contributed by atoms with Crippen molar-refractivity contribution in [2.24, 2.45) is 0 Å². The first-order valence-corrected chi connectivity index (χ1v) is 7.19. The summed E-state index contributed by atoms with van der Waals surface area (Å²) >= 11 is 0. The van der Waals surface area contributed by atoms with E-state index in [0.717, 1.165) is 17.5 Å². The predicted molar refractivity (Wildman–Crippen MR) is 86.5 cm³/mol. The molecule has 6 heteroatoms. The van der Waals surface area contributed by atoms with Gasteiger partial charge in [-0.1, -0.05) is 30.3 Å². The fourth-order valence-electron chi connectivity index (χ4n) is 2.44. The summed E-state index contributed by atoms with van der Waals surface area (Å²) in [7, 11) is 0. The quantitative estimate of drug-likeness (QED) is 0.728. The van der Waals surface area contributed by atoms with E-state index in [4.69, 9.17) is 0 Å². The molecule has 1 amide bonds. The number of carbonyl (C=O) groups is 1. The minimum absolute atomic E-state index is 0.300. The number of benzene rings is 2. The molecule has 1 heterocycles. The molecular weight excluding hydrogens is 317 g/mol. The number of anilines is 1. The number of carbonyl (C=O) groups excluding carboxylic acids is 1. The van der Waals surface area contributed by atoms with Crippen molar-refractivity contribution in [1.29, 1.82) is 0 Å². The number of halogens is 3. The average molecular weight is 330 g/mol. The minimum Gasteiger partial charge on any atom is -0.310 e. The van der Waals surface area contributed by atoms with Crippen molar-refractivity contribution in [1.82, 2.24) is 4.98 Å². The second kappa shape index (κ2) is 5.96. The molecule has 0 unspecified atom stereocenters. The molecule has 0 aliphatic carbocycles. The summed E-state index contributed by atoms with van der Waals surface area (Å²) in [5.74, 6) is 0.0203. The van der Waals surface area contributed by atoms with Crippen LogP contribution in [0.3, 0.4) is 0 Å². The van der Waals surface area contributed by atoms with Crippen LogP contribution in [0.2, 0.25) is 0 Å². The third kappa shape index (κ3) is 3.22. The van der Waals surface area contributed by atoms with Gasteiger partial charge in [-0.05, 0) is 29.8 Å². The van der Waals surface area contributed by atoms with Gasteiger partial charge in [0.15, 0.2) is 0 Å². The molecule has 0 fully saturated rings. The van der Waals surface area contributed by atoms with Crippen molar-refractivity contribution in [3.63, 3.8) is 0 Å². The molecule has 0 saturated heterocycles. The standard InChI is InChI=1S/C18H13F3N2O/c1-11(24)22-17-15(10-13-4-2-3-5-16(13)23-17)12-6-8-14(9-7-12)18(19,20)21/h2-10H,1H3,(H,22,23,24). The maximum atomic E-state index is 12.7. The van der Waals surface area contributed by atoms with Gasteiger partial charge < -0.3 is 5.32 Å². The number of nitrogens with zero attached hydrogens (tertiary/aromatic N) is 1. The SMILES string of the molecule is CC(=O)Nc1nc2ccccc2cc1-c1ccc(C(F)(F)F)cc1. The topological polar surface area (TPSA) is 42.0 Å². The van der Waals surface area contributed by atoms with Gasteiger partial charge in [0.25, 0.3) is 0 Å². The summed E-state index contributed by atoms with van der Waals surface area (Å²) < 4.78 is 38.1. The average Bonchev–Trinajstić information content (AvgIpc) is 2.53. The van der Waals surface area contributed by atoms with Crippen molar-refractivity contribution in [2.45, 2.75) is 13.1 Å². The largest absolute Gasteiger partial charge is 0.416 e. The lowest BCUT2D eigenvalue weighted by molar-refractivity contribution is -0.137. The zero-order valence-corrected chi connectivity index (χ0v) is 12.7. The van der Waals surface area contributed by atoms with Gasteiger partial charge in [-0.15, -0.1) is 0 Å². The highest BCUT2D eigenvalue weighted by Crippen LogP contribution is 2.34. The lowest BCUT2D eigenvalue weighted by atomic mass is 10.0. The van der Waals surface area contributed by atoms with Gasteiger partial charge in [0, 0.05) is 17.9 Å². The monoisotopic (exact) mass is 330 g/mol. The van der Waals surface area contributed by atoms with Gasteiger partial charge in [0.1, 0.15) is 5.82 Å². The number of alkyl halides is 3. The van der Waals surface area contributed by atoms with Crippen molar-refractivity contribution in [2.75, 3.05) is 5.32 Å². The van der Waals surface area contributed by atoms with E-state index in [-0.39, 0.29) is 5.91 Å².